The molecule has 5 aromatic rings. The second-order valence-electron chi connectivity index (χ2n) is 10.5. The Bertz CT molecular complexity index is 1850. The van der Waals surface area contributed by atoms with Gasteiger partial charge in [-0.15, -0.1) is 0 Å². The van der Waals surface area contributed by atoms with Gasteiger partial charge in [0.1, 0.15) is 51.2 Å². The summed E-state index contributed by atoms with van der Waals surface area (Å²) in [5.41, 5.74) is -1.26. The summed E-state index contributed by atoms with van der Waals surface area (Å²) < 4.78 is 122. The number of aromatic nitrogens is 1. The maximum atomic E-state index is 15.0. The van der Waals surface area contributed by atoms with Gasteiger partial charge in [0, 0.05) is 29.0 Å². The molecule has 0 N–H and O–H groups in total. The Hall–Kier alpha value is -4.44. The molecule has 0 saturated carbocycles. The number of ether oxygens (including phenoxy) is 1. The van der Waals surface area contributed by atoms with Crippen LogP contribution in [-0.2, 0) is 12.5 Å². The van der Waals surface area contributed by atoms with E-state index in [1.807, 2.05) is 0 Å². The van der Waals surface area contributed by atoms with Crippen LogP contribution in [0.3, 0.4) is 0 Å². The van der Waals surface area contributed by atoms with Crippen molar-refractivity contribution in [3.63, 3.8) is 0 Å². The summed E-state index contributed by atoms with van der Waals surface area (Å²) in [6.45, 7) is 2.07. The minimum Gasteiger partial charge on any atom is -0.429 e. The third-order valence-electron chi connectivity index (χ3n) is 7.28. The zero-order valence-corrected chi connectivity index (χ0v) is 24.8. The van der Waals surface area contributed by atoms with Crippen molar-refractivity contribution in [1.82, 2.24) is 4.98 Å². The van der Waals surface area contributed by atoms with Gasteiger partial charge in [0.05, 0.1) is 5.69 Å². The molecule has 46 heavy (non-hydrogen) atoms. The van der Waals surface area contributed by atoms with Crippen molar-refractivity contribution in [2.45, 2.75) is 38.7 Å². The van der Waals surface area contributed by atoms with Crippen molar-refractivity contribution >= 4 is 11.6 Å². The Labute approximate surface area is 264 Å². The molecule has 4 aromatic carbocycles. The maximum absolute atomic E-state index is 15.0. The summed E-state index contributed by atoms with van der Waals surface area (Å²) in [4.78, 5) is 4.20. The molecule has 2 nitrogen and oxygen atoms in total. The number of hydrogen-bond acceptors (Lipinski definition) is 2. The van der Waals surface area contributed by atoms with E-state index < -0.39 is 57.3 Å². The van der Waals surface area contributed by atoms with Gasteiger partial charge in [-0.05, 0) is 78.1 Å². The molecule has 0 unspecified atom stereocenters. The summed E-state index contributed by atoms with van der Waals surface area (Å²) in [6.07, 6.45) is 0.846. The first kappa shape index (κ1) is 32.9. The molecular weight excluding hydrogens is 638 g/mol. The number of aryl methyl sites for hydroxylation is 1. The van der Waals surface area contributed by atoms with Crippen LogP contribution in [0.1, 0.15) is 37.3 Å². The zero-order valence-electron chi connectivity index (χ0n) is 24.1. The SMILES string of the molecule is CCCCCc1ccc(-c2cc(F)c(C(F)(F)Oc3ccc(-c4ccc(-c5cc(F)c(Cl)c(F)c5)c(F)c4)c(F)c3)c(F)c2)nc1. The van der Waals surface area contributed by atoms with Crippen LogP contribution in [0.2, 0.25) is 5.02 Å². The number of nitrogens with zero attached hydrogens (tertiary/aromatic N) is 1. The Morgan fingerprint density at radius 3 is 1.83 bits per heavy atom. The van der Waals surface area contributed by atoms with Crippen LogP contribution in [0.5, 0.6) is 5.75 Å². The van der Waals surface area contributed by atoms with Crippen molar-refractivity contribution in [2.24, 2.45) is 0 Å². The van der Waals surface area contributed by atoms with E-state index in [0.29, 0.717) is 18.2 Å². The molecule has 1 aromatic heterocycles. The van der Waals surface area contributed by atoms with Gasteiger partial charge in [-0.2, -0.15) is 8.78 Å². The van der Waals surface area contributed by atoms with E-state index in [1.54, 1.807) is 18.3 Å². The molecule has 0 aliphatic carbocycles. The van der Waals surface area contributed by atoms with Crippen LogP contribution in [0.15, 0.2) is 79.0 Å². The van der Waals surface area contributed by atoms with Crippen molar-refractivity contribution < 1.29 is 39.9 Å². The predicted molar refractivity (Wildman–Crippen MR) is 159 cm³/mol. The number of alkyl halides is 2. The first-order valence-electron chi connectivity index (χ1n) is 14.1. The fourth-order valence-electron chi connectivity index (χ4n) is 4.94. The summed E-state index contributed by atoms with van der Waals surface area (Å²) in [6, 6.07) is 12.1. The van der Waals surface area contributed by atoms with Crippen LogP contribution in [0.25, 0.3) is 33.5 Å². The summed E-state index contributed by atoms with van der Waals surface area (Å²) in [5, 5.41) is -0.755. The molecule has 11 heteroatoms. The lowest BCUT2D eigenvalue weighted by atomic mass is 9.99. The number of unbranched alkanes of at least 4 members (excludes halogenated alkanes) is 2. The van der Waals surface area contributed by atoms with E-state index in [0.717, 1.165) is 67.6 Å². The Balaban J connectivity index is 1.35. The van der Waals surface area contributed by atoms with Gasteiger partial charge in [0.25, 0.3) is 0 Å². The predicted octanol–water partition coefficient (Wildman–Crippen LogP) is 11.4. The van der Waals surface area contributed by atoms with Crippen LogP contribution in [-0.4, -0.2) is 4.98 Å². The van der Waals surface area contributed by atoms with E-state index in [1.165, 1.54) is 6.07 Å². The van der Waals surface area contributed by atoms with Crippen LogP contribution in [0.4, 0.5) is 35.1 Å². The Morgan fingerprint density at radius 2 is 1.24 bits per heavy atom. The average Bonchev–Trinajstić information content (AvgIpc) is 2.99. The quantitative estimate of drug-likeness (QED) is 0.0844. The fraction of sp³-hybridized carbons (Fsp3) is 0.171. The van der Waals surface area contributed by atoms with E-state index in [4.69, 9.17) is 11.6 Å². The van der Waals surface area contributed by atoms with E-state index in [-0.39, 0.29) is 33.5 Å². The normalized spacial score (nSPS) is 11.6. The molecule has 0 radical (unpaired) electrons. The lowest BCUT2D eigenvalue weighted by Gasteiger charge is -2.20. The molecule has 238 valence electrons. The van der Waals surface area contributed by atoms with Crippen LogP contribution in [0, 0.1) is 34.9 Å². The van der Waals surface area contributed by atoms with E-state index >= 15 is 13.2 Å². The monoisotopic (exact) mass is 661 g/mol. The summed E-state index contributed by atoms with van der Waals surface area (Å²) in [7, 11) is 0. The van der Waals surface area contributed by atoms with Crippen LogP contribution < -0.4 is 4.74 Å². The van der Waals surface area contributed by atoms with Crippen molar-refractivity contribution in [2.75, 3.05) is 0 Å². The minimum atomic E-state index is -4.55. The Kier molecular flexibility index (Phi) is 9.67. The third kappa shape index (κ3) is 7.02. The number of benzene rings is 4. The first-order chi connectivity index (χ1) is 21.9. The smallest absolute Gasteiger partial charge is 0.429 e. The van der Waals surface area contributed by atoms with Gasteiger partial charge < -0.3 is 4.74 Å². The fourth-order valence-corrected chi connectivity index (χ4v) is 5.05. The van der Waals surface area contributed by atoms with Gasteiger partial charge >= 0.3 is 6.11 Å². The first-order valence-corrected chi connectivity index (χ1v) is 14.5. The molecular formula is C35H24ClF8NO. The third-order valence-corrected chi connectivity index (χ3v) is 7.65. The largest absolute Gasteiger partial charge is 0.432 e. The van der Waals surface area contributed by atoms with E-state index in [9.17, 15) is 22.0 Å². The van der Waals surface area contributed by atoms with E-state index in [2.05, 4.69) is 16.6 Å². The Morgan fingerprint density at radius 1 is 0.652 bits per heavy atom. The molecule has 0 bridgehead atoms. The van der Waals surface area contributed by atoms with Gasteiger partial charge in [0.2, 0.25) is 0 Å². The molecule has 1 heterocycles. The lowest BCUT2D eigenvalue weighted by molar-refractivity contribution is -0.189. The van der Waals surface area contributed by atoms with Gasteiger partial charge in [-0.3, -0.25) is 4.98 Å². The molecule has 5 rings (SSSR count). The summed E-state index contributed by atoms with van der Waals surface area (Å²) in [5.74, 6) is -8.24. The van der Waals surface area contributed by atoms with Crippen LogP contribution >= 0.6 is 11.6 Å². The minimum absolute atomic E-state index is 0.0396. The molecule has 0 spiro atoms. The second-order valence-corrected chi connectivity index (χ2v) is 10.9. The van der Waals surface area contributed by atoms with Crippen molar-refractivity contribution in [3.8, 4) is 39.3 Å². The molecule has 0 amide bonds. The topological polar surface area (TPSA) is 22.1 Å². The van der Waals surface area contributed by atoms with Gasteiger partial charge in [0.15, 0.2) is 0 Å². The number of halogens is 9. The number of hydrogen-bond donors (Lipinski definition) is 0. The van der Waals surface area contributed by atoms with Crippen molar-refractivity contribution in [1.29, 1.82) is 0 Å². The lowest BCUT2D eigenvalue weighted by Crippen LogP contribution is -2.25. The molecule has 0 saturated heterocycles. The highest BCUT2D eigenvalue weighted by Gasteiger charge is 2.41. The number of rotatable bonds is 10. The highest BCUT2D eigenvalue weighted by Crippen LogP contribution is 2.38. The summed E-state index contributed by atoms with van der Waals surface area (Å²) >= 11 is 5.47. The molecule has 0 atom stereocenters. The standard InChI is InChI=1S/C35H24ClF8NO/c1-2-3-4-5-19-6-11-32(45-18-19)22-15-28(39)33(29(40)16-22)35(43,44)46-23-8-10-24(27(38)17-23)20-7-9-25(26(37)12-20)21-13-30(41)34(36)31(42)14-21/h6-18H,2-5H2,1H3. The van der Waals surface area contributed by atoms with Crippen molar-refractivity contribution in [3.05, 3.63) is 130 Å². The van der Waals surface area contributed by atoms with Gasteiger partial charge in [-0.25, -0.2) is 26.3 Å². The second kappa shape index (κ2) is 13.5. The molecule has 0 aliphatic heterocycles. The maximum Gasteiger partial charge on any atom is 0.432 e. The number of pyridine rings is 1. The average molecular weight is 662 g/mol. The highest BCUT2D eigenvalue weighted by molar-refractivity contribution is 6.31. The zero-order chi connectivity index (χ0) is 33.2. The van der Waals surface area contributed by atoms with Gasteiger partial charge in [-0.1, -0.05) is 49.6 Å². The molecule has 0 aliphatic rings. The highest BCUT2D eigenvalue weighted by atomic mass is 35.5. The molecule has 0 fully saturated rings.